The van der Waals surface area contributed by atoms with Gasteiger partial charge in [0, 0.05) is 37.9 Å². The summed E-state index contributed by atoms with van der Waals surface area (Å²) < 4.78 is 29.1. The molecule has 0 aromatic heterocycles. The van der Waals surface area contributed by atoms with Gasteiger partial charge in [-0.25, -0.2) is 4.79 Å². The van der Waals surface area contributed by atoms with E-state index in [0.29, 0.717) is 51.5 Å². The van der Waals surface area contributed by atoms with E-state index in [9.17, 15) is 14.4 Å². The van der Waals surface area contributed by atoms with Crippen LogP contribution in [-0.2, 0) is 38.1 Å². The molecule has 3 fully saturated rings. The quantitative estimate of drug-likeness (QED) is 0.167. The summed E-state index contributed by atoms with van der Waals surface area (Å²) in [5.41, 5.74) is 0.926. The van der Waals surface area contributed by atoms with E-state index < -0.39 is 12.1 Å². The molecular formula is C36H51NO8. The summed E-state index contributed by atoms with van der Waals surface area (Å²) in [4.78, 5) is 39.4. The van der Waals surface area contributed by atoms with Gasteiger partial charge in [0.2, 0.25) is 5.91 Å². The third-order valence-electron chi connectivity index (χ3n) is 8.84. The molecule has 0 aromatic carbocycles. The van der Waals surface area contributed by atoms with Crippen LogP contribution in [0.4, 0.5) is 0 Å². The second-order valence-electron chi connectivity index (χ2n) is 12.7. The van der Waals surface area contributed by atoms with Crippen molar-refractivity contribution in [2.24, 2.45) is 11.8 Å². The molecule has 1 amide bonds. The molecule has 3 saturated heterocycles. The fourth-order valence-electron chi connectivity index (χ4n) is 6.43. The average Bonchev–Trinajstić information content (AvgIpc) is 3.02. The molecule has 0 saturated carbocycles. The number of rotatable bonds is 6. The van der Waals surface area contributed by atoms with E-state index in [1.165, 1.54) is 13.2 Å². The Kier molecular flexibility index (Phi) is 14.1. The maximum Gasteiger partial charge on any atom is 0.330 e. The zero-order valence-corrected chi connectivity index (χ0v) is 27.1. The number of hydrogen-bond acceptors (Lipinski definition) is 8. The van der Waals surface area contributed by atoms with Crippen LogP contribution in [0.1, 0.15) is 71.6 Å². The number of ether oxygens (including phenoxy) is 5. The highest BCUT2D eigenvalue weighted by atomic mass is 16.6. The molecule has 45 heavy (non-hydrogen) atoms. The summed E-state index contributed by atoms with van der Waals surface area (Å²) in [5.74, 6) is -0.366. The summed E-state index contributed by atoms with van der Waals surface area (Å²) in [6.45, 7) is 6.72. The predicted molar refractivity (Wildman–Crippen MR) is 171 cm³/mol. The molecule has 9 heteroatoms. The molecule has 0 aliphatic carbocycles. The molecule has 0 N–H and O–H groups in total. The zero-order valence-electron chi connectivity index (χ0n) is 27.1. The van der Waals surface area contributed by atoms with Crippen molar-refractivity contribution in [2.45, 2.75) is 102 Å². The van der Waals surface area contributed by atoms with Crippen LogP contribution in [0.5, 0.6) is 0 Å². The Balaban J connectivity index is 1.43. The van der Waals surface area contributed by atoms with E-state index in [2.05, 4.69) is 19.1 Å². The van der Waals surface area contributed by atoms with Gasteiger partial charge in [0.05, 0.1) is 51.2 Å². The van der Waals surface area contributed by atoms with E-state index in [4.69, 9.17) is 23.7 Å². The van der Waals surface area contributed by atoms with Crippen LogP contribution in [0.2, 0.25) is 0 Å². The lowest BCUT2D eigenvalue weighted by molar-refractivity contribution is -0.154. The van der Waals surface area contributed by atoms with E-state index >= 15 is 0 Å². The fraction of sp³-hybridized carbons (Fsp3) is 0.639. The third-order valence-corrected chi connectivity index (χ3v) is 8.84. The molecule has 7 atom stereocenters. The van der Waals surface area contributed by atoms with Crippen molar-refractivity contribution in [3.8, 4) is 0 Å². The molecule has 9 nitrogen and oxygen atoms in total. The second kappa shape index (κ2) is 18.2. The predicted octanol–water partition coefficient (Wildman–Crippen LogP) is 5.41. The van der Waals surface area contributed by atoms with Crippen molar-refractivity contribution in [3.63, 3.8) is 0 Å². The van der Waals surface area contributed by atoms with Gasteiger partial charge in [0.15, 0.2) is 0 Å². The number of fused-ring (bicyclic) bond motifs is 4. The lowest BCUT2D eigenvalue weighted by atomic mass is 9.89. The summed E-state index contributed by atoms with van der Waals surface area (Å²) >= 11 is 0. The monoisotopic (exact) mass is 625 g/mol. The molecule has 0 aromatic rings. The highest BCUT2D eigenvalue weighted by Gasteiger charge is 2.33. The first-order chi connectivity index (χ1) is 21.8. The van der Waals surface area contributed by atoms with E-state index in [1.54, 1.807) is 0 Å². The number of allylic oxidation sites excluding steroid dienone is 5. The maximum atomic E-state index is 13.3. The SMILES string of the molecule is COC(=O)/C=C1\CC2CC(=O)OC(/C=C/C=C\C=C\CC(=O)N3CCOCC3)C(C)/C=C/C(C)CC3CCCC(CC(C1)O2)O3. The Morgan fingerprint density at radius 1 is 0.911 bits per heavy atom. The Morgan fingerprint density at radius 2 is 1.62 bits per heavy atom. The topological polar surface area (TPSA) is 101 Å². The van der Waals surface area contributed by atoms with Gasteiger partial charge in [-0.05, 0) is 50.5 Å². The van der Waals surface area contributed by atoms with Crippen molar-refractivity contribution >= 4 is 17.8 Å². The van der Waals surface area contributed by atoms with Crippen LogP contribution < -0.4 is 0 Å². The summed E-state index contributed by atoms with van der Waals surface area (Å²) in [6.07, 6.45) is 22.8. The minimum absolute atomic E-state index is 0.0505. The van der Waals surface area contributed by atoms with E-state index in [0.717, 1.165) is 37.7 Å². The van der Waals surface area contributed by atoms with E-state index in [1.807, 2.05) is 48.3 Å². The molecule has 248 valence electrons. The van der Waals surface area contributed by atoms with Crippen LogP contribution in [0.3, 0.4) is 0 Å². The van der Waals surface area contributed by atoms with Crippen molar-refractivity contribution in [1.29, 1.82) is 0 Å². The highest BCUT2D eigenvalue weighted by molar-refractivity contribution is 5.82. The Bertz CT molecular complexity index is 1130. The summed E-state index contributed by atoms with van der Waals surface area (Å²) in [7, 11) is 1.37. The fourth-order valence-corrected chi connectivity index (χ4v) is 6.43. The van der Waals surface area contributed by atoms with Crippen LogP contribution >= 0.6 is 0 Å². The number of amides is 1. The number of cyclic esters (lactones) is 1. The molecule has 0 spiro atoms. The molecule has 4 heterocycles. The van der Waals surface area contributed by atoms with Gasteiger partial charge < -0.3 is 28.6 Å². The number of carbonyl (C=O) groups excluding carboxylic acids is 3. The first-order valence-corrected chi connectivity index (χ1v) is 16.6. The minimum Gasteiger partial charge on any atom is -0.466 e. The Morgan fingerprint density at radius 3 is 2.40 bits per heavy atom. The largest absolute Gasteiger partial charge is 0.466 e. The summed E-state index contributed by atoms with van der Waals surface area (Å²) in [5, 5.41) is 0. The standard InChI is InChI=1S/C36H51NO8/c1-26-14-15-27(2)33(12-7-5-4-6-8-13-34(38)37-16-18-42-19-17-37)45-36(40)25-32-22-28(23-35(39)41-3)21-31(44-32)24-30-11-9-10-29(20-26)43-30/h4-8,12,14-15,23,26-27,29-33H,9-11,13,16-22,24-25H2,1-3H3/b5-4-,8-6+,12-7+,15-14+,28-23-. The van der Waals surface area contributed by atoms with Crippen molar-refractivity contribution < 1.29 is 38.1 Å². The zero-order chi connectivity index (χ0) is 32.0. The maximum absolute atomic E-state index is 13.3. The second-order valence-corrected chi connectivity index (χ2v) is 12.7. The lowest BCUT2D eigenvalue weighted by Gasteiger charge is -2.37. The van der Waals surface area contributed by atoms with Crippen molar-refractivity contribution in [2.75, 3.05) is 33.4 Å². The van der Waals surface area contributed by atoms with Gasteiger partial charge in [-0.15, -0.1) is 0 Å². The first-order valence-electron chi connectivity index (χ1n) is 16.6. The first kappa shape index (κ1) is 34.9. The number of esters is 2. The number of nitrogens with zero attached hydrogens (tertiary/aromatic N) is 1. The smallest absolute Gasteiger partial charge is 0.330 e. The average molecular weight is 626 g/mol. The number of methoxy groups -OCH3 is 1. The van der Waals surface area contributed by atoms with Crippen LogP contribution in [0.25, 0.3) is 0 Å². The van der Waals surface area contributed by atoms with Crippen molar-refractivity contribution in [1.82, 2.24) is 4.90 Å². The van der Waals surface area contributed by atoms with Gasteiger partial charge in [-0.3, -0.25) is 9.59 Å². The molecule has 4 aliphatic heterocycles. The normalized spacial score (nSPS) is 33.8. The molecular weight excluding hydrogens is 574 g/mol. The number of carbonyl (C=O) groups is 3. The molecule has 4 bridgehead atoms. The van der Waals surface area contributed by atoms with Crippen molar-refractivity contribution in [3.05, 3.63) is 60.3 Å². The number of hydrogen-bond donors (Lipinski definition) is 0. The molecule has 7 unspecified atom stereocenters. The van der Waals surface area contributed by atoms with Gasteiger partial charge in [0.25, 0.3) is 0 Å². The van der Waals surface area contributed by atoms with Crippen LogP contribution in [0.15, 0.2) is 60.3 Å². The lowest BCUT2D eigenvalue weighted by Crippen LogP contribution is -2.40. The van der Waals surface area contributed by atoms with Gasteiger partial charge >= 0.3 is 11.9 Å². The molecule has 4 aliphatic rings. The summed E-state index contributed by atoms with van der Waals surface area (Å²) in [6, 6.07) is 0. The molecule has 0 radical (unpaired) electrons. The van der Waals surface area contributed by atoms with Crippen LogP contribution in [-0.4, -0.2) is 86.7 Å². The molecule has 4 rings (SSSR count). The minimum atomic E-state index is -0.467. The van der Waals surface area contributed by atoms with E-state index in [-0.39, 0.29) is 48.6 Å². The highest BCUT2D eigenvalue weighted by Crippen LogP contribution is 2.33. The van der Waals surface area contributed by atoms with Gasteiger partial charge in [-0.2, -0.15) is 0 Å². The van der Waals surface area contributed by atoms with Gasteiger partial charge in [-0.1, -0.05) is 62.0 Å². The van der Waals surface area contributed by atoms with Crippen LogP contribution in [0, 0.1) is 11.8 Å². The number of morpholine rings is 1. The van der Waals surface area contributed by atoms with Gasteiger partial charge in [0.1, 0.15) is 6.10 Å². The Labute approximate surface area is 268 Å². The third kappa shape index (κ3) is 12.0. The Hall–Kier alpha value is -3.01.